The number of hydrogen-bond acceptors (Lipinski definition) is 3. The summed E-state index contributed by atoms with van der Waals surface area (Å²) in [5.41, 5.74) is 6.76. The van der Waals surface area contributed by atoms with E-state index in [-0.39, 0.29) is 18.6 Å². The van der Waals surface area contributed by atoms with Gasteiger partial charge in [-0.15, -0.1) is 0 Å². The van der Waals surface area contributed by atoms with Gasteiger partial charge >= 0.3 is 0 Å². The molecule has 96 valence electrons. The lowest BCUT2D eigenvalue weighted by Crippen LogP contribution is -2.21. The van der Waals surface area contributed by atoms with E-state index in [1.54, 1.807) is 6.07 Å². The highest BCUT2D eigenvalue weighted by molar-refractivity contribution is 5.93. The molecular weight excluding hydrogens is 228 g/mol. The normalized spacial score (nSPS) is 9.78. The third-order valence-corrected chi connectivity index (χ3v) is 2.07. The number of anilines is 1. The number of carbonyl (C=O) groups is 1. The predicted molar refractivity (Wildman–Crippen MR) is 72.1 cm³/mol. The molecule has 0 fully saturated rings. The van der Waals surface area contributed by atoms with Gasteiger partial charge in [0, 0.05) is 5.56 Å². The van der Waals surface area contributed by atoms with Crippen molar-refractivity contribution in [2.75, 3.05) is 18.5 Å². The number of para-hydroxylation sites is 1. The molecule has 4 nitrogen and oxygen atoms in total. The number of amides is 1. The quantitative estimate of drug-likeness (QED) is 0.788. The standard InChI is InChI=1S/C14H18N2O2/c1-11(2)18-10-14(17)16-13-8-4-3-6-12(13)7-5-9-15/h3-4,6,8,11H,9-10,15H2,1-2H3,(H,16,17). The van der Waals surface area contributed by atoms with Crippen LogP contribution in [0.1, 0.15) is 19.4 Å². The molecule has 0 aliphatic rings. The average Bonchev–Trinajstić information content (AvgIpc) is 2.35. The van der Waals surface area contributed by atoms with Crippen LogP contribution in [-0.4, -0.2) is 25.2 Å². The maximum atomic E-state index is 11.6. The molecule has 1 rings (SSSR count). The SMILES string of the molecule is CC(C)OCC(=O)Nc1ccccc1C#CCN. The highest BCUT2D eigenvalue weighted by Crippen LogP contribution is 2.13. The van der Waals surface area contributed by atoms with Gasteiger partial charge in [-0.1, -0.05) is 24.0 Å². The molecule has 0 bridgehead atoms. The van der Waals surface area contributed by atoms with Crippen LogP contribution in [0.2, 0.25) is 0 Å². The first kappa shape index (κ1) is 14.2. The summed E-state index contributed by atoms with van der Waals surface area (Å²) in [6.07, 6.45) is 0.0306. The Balaban J connectivity index is 2.69. The van der Waals surface area contributed by atoms with Crippen LogP contribution in [0, 0.1) is 11.8 Å². The molecule has 0 saturated carbocycles. The second-order valence-electron chi connectivity index (χ2n) is 3.96. The highest BCUT2D eigenvalue weighted by Gasteiger charge is 2.06. The van der Waals surface area contributed by atoms with Crippen molar-refractivity contribution in [2.45, 2.75) is 20.0 Å². The van der Waals surface area contributed by atoms with E-state index in [1.165, 1.54) is 0 Å². The molecule has 1 aromatic carbocycles. The predicted octanol–water partition coefficient (Wildman–Crippen LogP) is 1.36. The van der Waals surface area contributed by atoms with Gasteiger partial charge in [-0.2, -0.15) is 0 Å². The summed E-state index contributed by atoms with van der Waals surface area (Å²) in [5.74, 6) is 5.49. The highest BCUT2D eigenvalue weighted by atomic mass is 16.5. The van der Waals surface area contributed by atoms with E-state index in [1.807, 2.05) is 32.0 Å². The molecule has 0 aliphatic carbocycles. The topological polar surface area (TPSA) is 64.3 Å². The summed E-state index contributed by atoms with van der Waals surface area (Å²) < 4.78 is 5.23. The van der Waals surface area contributed by atoms with Gasteiger partial charge < -0.3 is 15.8 Å². The summed E-state index contributed by atoms with van der Waals surface area (Å²) >= 11 is 0. The fourth-order valence-corrected chi connectivity index (χ4v) is 1.28. The van der Waals surface area contributed by atoms with E-state index in [4.69, 9.17) is 10.5 Å². The van der Waals surface area contributed by atoms with Gasteiger partial charge in [0.15, 0.2) is 0 Å². The number of benzene rings is 1. The molecule has 0 saturated heterocycles. The fourth-order valence-electron chi connectivity index (χ4n) is 1.28. The molecule has 4 heteroatoms. The molecule has 0 unspecified atom stereocenters. The first-order chi connectivity index (χ1) is 8.63. The molecule has 0 aromatic heterocycles. The lowest BCUT2D eigenvalue weighted by Gasteiger charge is -2.09. The van der Waals surface area contributed by atoms with Gasteiger partial charge in [-0.05, 0) is 26.0 Å². The van der Waals surface area contributed by atoms with Crippen molar-refractivity contribution in [1.82, 2.24) is 0 Å². The van der Waals surface area contributed by atoms with Crippen molar-refractivity contribution in [3.8, 4) is 11.8 Å². The van der Waals surface area contributed by atoms with E-state index in [9.17, 15) is 4.79 Å². The number of carbonyl (C=O) groups excluding carboxylic acids is 1. The molecule has 18 heavy (non-hydrogen) atoms. The summed E-state index contributed by atoms with van der Waals surface area (Å²) in [7, 11) is 0. The molecule has 0 radical (unpaired) electrons. The van der Waals surface area contributed by atoms with Crippen LogP contribution in [0.15, 0.2) is 24.3 Å². The minimum absolute atomic E-state index is 0.0306. The molecule has 1 aromatic rings. The van der Waals surface area contributed by atoms with Gasteiger partial charge in [0.1, 0.15) is 6.61 Å². The Labute approximate surface area is 108 Å². The van der Waals surface area contributed by atoms with Crippen LogP contribution in [0.5, 0.6) is 0 Å². The van der Waals surface area contributed by atoms with Crippen LogP contribution >= 0.6 is 0 Å². The summed E-state index contributed by atoms with van der Waals surface area (Å²) in [6, 6.07) is 7.34. The lowest BCUT2D eigenvalue weighted by molar-refractivity contribution is -0.121. The molecule has 3 N–H and O–H groups in total. The number of hydrogen-bond donors (Lipinski definition) is 2. The number of rotatable bonds is 4. The maximum Gasteiger partial charge on any atom is 0.250 e. The van der Waals surface area contributed by atoms with Crippen LogP contribution in [0.4, 0.5) is 5.69 Å². The van der Waals surface area contributed by atoms with E-state index in [2.05, 4.69) is 17.2 Å². The molecule has 1 amide bonds. The second kappa shape index (κ2) is 7.49. The van der Waals surface area contributed by atoms with Gasteiger partial charge in [-0.3, -0.25) is 4.79 Å². The Morgan fingerprint density at radius 1 is 1.44 bits per heavy atom. The van der Waals surface area contributed by atoms with Crippen molar-refractivity contribution in [1.29, 1.82) is 0 Å². The van der Waals surface area contributed by atoms with Crippen molar-refractivity contribution in [3.63, 3.8) is 0 Å². The number of nitrogens with one attached hydrogen (secondary N) is 1. The minimum Gasteiger partial charge on any atom is -0.369 e. The monoisotopic (exact) mass is 246 g/mol. The third kappa shape index (κ3) is 5.00. The molecular formula is C14H18N2O2. The zero-order valence-electron chi connectivity index (χ0n) is 10.7. The van der Waals surface area contributed by atoms with E-state index < -0.39 is 0 Å². The first-order valence-corrected chi connectivity index (χ1v) is 5.83. The third-order valence-electron chi connectivity index (χ3n) is 2.07. The smallest absolute Gasteiger partial charge is 0.250 e. The molecule has 0 aliphatic heterocycles. The zero-order valence-corrected chi connectivity index (χ0v) is 10.7. The van der Waals surface area contributed by atoms with E-state index in [0.29, 0.717) is 12.2 Å². The maximum absolute atomic E-state index is 11.6. The van der Waals surface area contributed by atoms with Crippen LogP contribution in [-0.2, 0) is 9.53 Å². The van der Waals surface area contributed by atoms with Gasteiger partial charge in [0.25, 0.3) is 0 Å². The molecule has 0 atom stereocenters. The van der Waals surface area contributed by atoms with Crippen molar-refractivity contribution in [3.05, 3.63) is 29.8 Å². The summed E-state index contributed by atoms with van der Waals surface area (Å²) in [4.78, 5) is 11.6. The zero-order chi connectivity index (χ0) is 13.4. The van der Waals surface area contributed by atoms with Crippen LogP contribution < -0.4 is 11.1 Å². The van der Waals surface area contributed by atoms with E-state index in [0.717, 1.165) is 5.56 Å². The average molecular weight is 246 g/mol. The number of ether oxygens (including phenoxy) is 1. The van der Waals surface area contributed by atoms with Crippen LogP contribution in [0.25, 0.3) is 0 Å². The Morgan fingerprint density at radius 2 is 2.17 bits per heavy atom. The van der Waals surface area contributed by atoms with Gasteiger partial charge in [0.2, 0.25) is 5.91 Å². The summed E-state index contributed by atoms with van der Waals surface area (Å²) in [6.45, 7) is 4.09. The minimum atomic E-state index is -0.189. The lowest BCUT2D eigenvalue weighted by atomic mass is 10.2. The van der Waals surface area contributed by atoms with Crippen LogP contribution in [0.3, 0.4) is 0 Å². The molecule has 0 heterocycles. The second-order valence-corrected chi connectivity index (χ2v) is 3.96. The largest absolute Gasteiger partial charge is 0.369 e. The van der Waals surface area contributed by atoms with Crippen molar-refractivity contribution < 1.29 is 9.53 Å². The van der Waals surface area contributed by atoms with E-state index >= 15 is 0 Å². The Hall–Kier alpha value is -1.83. The molecule has 0 spiro atoms. The Kier molecular flexibility index (Phi) is 5.92. The van der Waals surface area contributed by atoms with Crippen molar-refractivity contribution >= 4 is 11.6 Å². The van der Waals surface area contributed by atoms with Gasteiger partial charge in [0.05, 0.1) is 18.3 Å². The Bertz CT molecular complexity index is 458. The fraction of sp³-hybridized carbons (Fsp3) is 0.357. The van der Waals surface area contributed by atoms with Crippen molar-refractivity contribution in [2.24, 2.45) is 5.73 Å². The Morgan fingerprint density at radius 3 is 2.83 bits per heavy atom. The first-order valence-electron chi connectivity index (χ1n) is 5.83. The van der Waals surface area contributed by atoms with Gasteiger partial charge in [-0.25, -0.2) is 0 Å². The summed E-state index contributed by atoms with van der Waals surface area (Å²) in [5, 5.41) is 2.77. The number of nitrogens with two attached hydrogens (primary N) is 1.